The van der Waals surface area contributed by atoms with Crippen molar-refractivity contribution in [1.82, 2.24) is 19.5 Å². The third-order valence-electron chi connectivity index (χ3n) is 4.40. The van der Waals surface area contributed by atoms with Gasteiger partial charge in [-0.25, -0.2) is 4.98 Å². The van der Waals surface area contributed by atoms with Crippen LogP contribution in [0.5, 0.6) is 0 Å². The van der Waals surface area contributed by atoms with Crippen molar-refractivity contribution in [2.24, 2.45) is 0 Å². The normalized spacial score (nSPS) is 22.2. The third kappa shape index (κ3) is 3.21. The number of aliphatic hydroxyl groups is 2. The summed E-state index contributed by atoms with van der Waals surface area (Å²) in [6, 6.07) is 8.69. The zero-order chi connectivity index (χ0) is 19.0. The number of hydrogen-bond donors (Lipinski definition) is 4. The number of hydrogen-bond acceptors (Lipinski definition) is 8. The van der Waals surface area contributed by atoms with E-state index < -0.39 is 18.4 Å². The van der Waals surface area contributed by atoms with Crippen molar-refractivity contribution < 1.29 is 19.7 Å². The number of imidazole rings is 1. The quantitative estimate of drug-likeness (QED) is 0.512. The second-order valence-electron chi connectivity index (χ2n) is 6.19. The molecule has 1 amide bonds. The molecule has 1 saturated heterocycles. The molecule has 0 unspecified atom stereocenters. The SMILES string of the molecule is Nc1nc(NC(=O)c2ccccc2)c2ncn([C@@H]3C[C@@H](O)[C@H](CO)O3)c2n1. The summed E-state index contributed by atoms with van der Waals surface area (Å²) in [5.74, 6) is -0.204. The van der Waals surface area contributed by atoms with E-state index >= 15 is 0 Å². The summed E-state index contributed by atoms with van der Waals surface area (Å²) >= 11 is 0. The number of aromatic nitrogens is 4. The van der Waals surface area contributed by atoms with Crippen molar-refractivity contribution in [3.63, 3.8) is 0 Å². The summed E-state index contributed by atoms with van der Waals surface area (Å²) < 4.78 is 7.24. The molecule has 2 aromatic heterocycles. The van der Waals surface area contributed by atoms with Crippen LogP contribution >= 0.6 is 0 Å². The van der Waals surface area contributed by atoms with E-state index in [0.29, 0.717) is 16.7 Å². The number of nitrogens with one attached hydrogen (secondary N) is 1. The first kappa shape index (κ1) is 17.3. The fourth-order valence-electron chi connectivity index (χ4n) is 3.05. The summed E-state index contributed by atoms with van der Waals surface area (Å²) in [7, 11) is 0. The van der Waals surface area contributed by atoms with E-state index in [1.54, 1.807) is 28.8 Å². The number of nitrogen functional groups attached to an aromatic ring is 1. The molecule has 27 heavy (non-hydrogen) atoms. The Kier molecular flexibility index (Phi) is 4.44. The van der Waals surface area contributed by atoms with Gasteiger partial charge in [0.15, 0.2) is 17.0 Å². The molecular formula is C17H18N6O4. The summed E-state index contributed by atoms with van der Waals surface area (Å²) in [6.07, 6.45) is -0.285. The van der Waals surface area contributed by atoms with Gasteiger partial charge in [0.25, 0.3) is 5.91 Å². The molecule has 3 heterocycles. The minimum Gasteiger partial charge on any atom is -0.394 e. The molecule has 10 heteroatoms. The molecular weight excluding hydrogens is 352 g/mol. The van der Waals surface area contributed by atoms with Gasteiger partial charge in [0.1, 0.15) is 12.3 Å². The Morgan fingerprint density at radius 1 is 1.33 bits per heavy atom. The fourth-order valence-corrected chi connectivity index (χ4v) is 3.05. The predicted octanol–water partition coefficient (Wildman–Crippen LogP) is 0.301. The number of aliphatic hydroxyl groups excluding tert-OH is 2. The van der Waals surface area contributed by atoms with Gasteiger partial charge < -0.3 is 26.0 Å². The van der Waals surface area contributed by atoms with E-state index in [0.717, 1.165) is 0 Å². The minimum absolute atomic E-state index is 0.0372. The van der Waals surface area contributed by atoms with Crippen LogP contribution in [0.1, 0.15) is 23.0 Å². The first-order chi connectivity index (χ1) is 13.1. The highest BCUT2D eigenvalue weighted by Gasteiger charge is 2.35. The lowest BCUT2D eigenvalue weighted by atomic mass is 10.2. The second kappa shape index (κ2) is 6.91. The maximum Gasteiger partial charge on any atom is 0.256 e. The highest BCUT2D eigenvalue weighted by atomic mass is 16.5. The average Bonchev–Trinajstić information content (AvgIpc) is 3.25. The van der Waals surface area contributed by atoms with Crippen LogP contribution in [-0.4, -0.2) is 54.5 Å². The van der Waals surface area contributed by atoms with Crippen LogP contribution in [0.3, 0.4) is 0 Å². The number of nitrogens with two attached hydrogens (primary N) is 1. The number of anilines is 2. The van der Waals surface area contributed by atoms with Crippen molar-refractivity contribution in [3.05, 3.63) is 42.2 Å². The summed E-state index contributed by atoms with van der Waals surface area (Å²) in [4.78, 5) is 25.0. The van der Waals surface area contributed by atoms with Crippen LogP contribution in [0.4, 0.5) is 11.8 Å². The highest BCUT2D eigenvalue weighted by Crippen LogP contribution is 2.32. The van der Waals surface area contributed by atoms with E-state index in [-0.39, 0.29) is 30.7 Å². The summed E-state index contributed by atoms with van der Waals surface area (Å²) in [6.45, 7) is -0.292. The van der Waals surface area contributed by atoms with E-state index in [2.05, 4.69) is 20.3 Å². The van der Waals surface area contributed by atoms with Gasteiger partial charge in [-0.15, -0.1) is 0 Å². The number of nitrogens with zero attached hydrogens (tertiary/aromatic N) is 4. The van der Waals surface area contributed by atoms with Crippen molar-refractivity contribution in [3.8, 4) is 0 Å². The van der Waals surface area contributed by atoms with Gasteiger partial charge in [0.05, 0.1) is 19.0 Å². The Balaban J connectivity index is 1.68. The predicted molar refractivity (Wildman–Crippen MR) is 95.8 cm³/mol. The van der Waals surface area contributed by atoms with Crippen molar-refractivity contribution in [2.75, 3.05) is 17.7 Å². The Labute approximate surface area is 153 Å². The van der Waals surface area contributed by atoms with Crippen LogP contribution in [0.25, 0.3) is 11.2 Å². The molecule has 0 radical (unpaired) electrons. The van der Waals surface area contributed by atoms with Gasteiger partial charge in [-0.2, -0.15) is 9.97 Å². The van der Waals surface area contributed by atoms with Crippen LogP contribution in [0.15, 0.2) is 36.7 Å². The number of rotatable bonds is 4. The lowest BCUT2D eigenvalue weighted by Gasteiger charge is -2.14. The van der Waals surface area contributed by atoms with Gasteiger partial charge in [0, 0.05) is 12.0 Å². The molecule has 3 atom stereocenters. The largest absolute Gasteiger partial charge is 0.394 e. The Morgan fingerprint density at radius 2 is 2.11 bits per heavy atom. The van der Waals surface area contributed by atoms with Crippen LogP contribution in [-0.2, 0) is 4.74 Å². The maximum absolute atomic E-state index is 12.4. The standard InChI is InChI=1S/C17H18N6O4/c18-17-21-14(20-16(26)9-4-2-1-3-5-9)13-15(22-17)23(8-19-13)12-6-10(25)11(7-24)27-12/h1-5,8,10-12,24-25H,6-7H2,(H3,18,20,21,22,26)/t10-,11+,12+/m1/s1. The van der Waals surface area contributed by atoms with Crippen LogP contribution in [0, 0.1) is 0 Å². The molecule has 1 aromatic carbocycles. The Morgan fingerprint density at radius 3 is 2.81 bits per heavy atom. The van der Waals surface area contributed by atoms with Crippen LogP contribution in [0.2, 0.25) is 0 Å². The number of carbonyl (C=O) groups excluding carboxylic acids is 1. The zero-order valence-electron chi connectivity index (χ0n) is 14.2. The van der Waals surface area contributed by atoms with E-state index in [1.807, 2.05) is 6.07 Å². The van der Waals surface area contributed by atoms with E-state index in [1.165, 1.54) is 6.33 Å². The molecule has 0 spiro atoms. The smallest absolute Gasteiger partial charge is 0.256 e. The van der Waals surface area contributed by atoms with E-state index in [9.17, 15) is 15.0 Å². The fraction of sp³-hybridized carbons (Fsp3) is 0.294. The monoisotopic (exact) mass is 370 g/mol. The maximum atomic E-state index is 12.4. The number of amides is 1. The third-order valence-corrected chi connectivity index (χ3v) is 4.40. The zero-order valence-corrected chi connectivity index (χ0v) is 14.2. The highest BCUT2D eigenvalue weighted by molar-refractivity contribution is 6.06. The summed E-state index contributed by atoms with van der Waals surface area (Å²) in [5, 5.41) is 21.9. The number of fused-ring (bicyclic) bond motifs is 1. The van der Waals surface area contributed by atoms with Gasteiger partial charge in [0.2, 0.25) is 5.95 Å². The van der Waals surface area contributed by atoms with Gasteiger partial charge in [-0.05, 0) is 12.1 Å². The molecule has 4 rings (SSSR count). The van der Waals surface area contributed by atoms with Gasteiger partial charge >= 0.3 is 0 Å². The molecule has 1 fully saturated rings. The molecule has 140 valence electrons. The van der Waals surface area contributed by atoms with Crippen molar-refractivity contribution in [1.29, 1.82) is 0 Å². The molecule has 1 aliphatic heterocycles. The van der Waals surface area contributed by atoms with E-state index in [4.69, 9.17) is 10.5 Å². The minimum atomic E-state index is -0.797. The van der Waals surface area contributed by atoms with Gasteiger partial charge in [-0.3, -0.25) is 9.36 Å². The molecule has 0 bridgehead atoms. The lowest BCUT2D eigenvalue weighted by molar-refractivity contribution is -0.0432. The van der Waals surface area contributed by atoms with Gasteiger partial charge in [-0.1, -0.05) is 18.2 Å². The molecule has 5 N–H and O–H groups in total. The molecule has 1 aliphatic rings. The first-order valence-corrected chi connectivity index (χ1v) is 8.37. The molecule has 10 nitrogen and oxygen atoms in total. The first-order valence-electron chi connectivity index (χ1n) is 8.37. The lowest BCUT2D eigenvalue weighted by Crippen LogP contribution is -2.24. The van der Waals surface area contributed by atoms with Crippen molar-refractivity contribution in [2.45, 2.75) is 24.9 Å². The average molecular weight is 370 g/mol. The number of benzene rings is 1. The van der Waals surface area contributed by atoms with Crippen molar-refractivity contribution >= 4 is 28.8 Å². The molecule has 0 aliphatic carbocycles. The topological polar surface area (TPSA) is 148 Å². The second-order valence-corrected chi connectivity index (χ2v) is 6.19. The van der Waals surface area contributed by atoms with Crippen LogP contribution < -0.4 is 11.1 Å². The Bertz CT molecular complexity index is 976. The number of ether oxygens (including phenoxy) is 1. The Hall–Kier alpha value is -3.08. The number of carbonyl (C=O) groups is 1. The molecule has 0 saturated carbocycles. The molecule has 3 aromatic rings. The summed E-state index contributed by atoms with van der Waals surface area (Å²) in [5.41, 5.74) is 6.98.